The van der Waals surface area contributed by atoms with Gasteiger partial charge < -0.3 is 5.11 Å². The van der Waals surface area contributed by atoms with E-state index in [4.69, 9.17) is 11.6 Å². The Morgan fingerprint density at radius 3 is 3.08 bits per heavy atom. The average molecular weight is 184 g/mol. The molecule has 2 heterocycles. The Kier molecular flexibility index (Phi) is 1.62. The third-order valence-corrected chi connectivity index (χ3v) is 1.82. The molecule has 0 bridgehead atoms. The first-order valence-corrected chi connectivity index (χ1v) is 3.92. The number of nitrogens with zero attached hydrogens (tertiary/aromatic N) is 3. The highest BCUT2D eigenvalue weighted by atomic mass is 35.5. The van der Waals surface area contributed by atoms with Crippen LogP contribution in [-0.2, 0) is 5.88 Å². The van der Waals surface area contributed by atoms with Crippen molar-refractivity contribution in [2.45, 2.75) is 5.88 Å². The summed E-state index contributed by atoms with van der Waals surface area (Å²) >= 11 is 5.57. The van der Waals surface area contributed by atoms with Crippen LogP contribution in [0.1, 0.15) is 5.69 Å². The van der Waals surface area contributed by atoms with Crippen molar-refractivity contribution in [2.75, 3.05) is 0 Å². The zero-order valence-electron chi connectivity index (χ0n) is 6.11. The van der Waals surface area contributed by atoms with Crippen molar-refractivity contribution in [3.63, 3.8) is 0 Å². The van der Waals surface area contributed by atoms with E-state index in [0.717, 1.165) is 5.69 Å². The molecule has 0 amide bonds. The molecule has 2 aromatic heterocycles. The van der Waals surface area contributed by atoms with Gasteiger partial charge in [0.1, 0.15) is 5.65 Å². The van der Waals surface area contributed by atoms with Gasteiger partial charge in [-0.3, -0.25) is 4.40 Å². The summed E-state index contributed by atoms with van der Waals surface area (Å²) in [5.41, 5.74) is 1.37. The zero-order valence-corrected chi connectivity index (χ0v) is 6.86. The molecule has 0 saturated heterocycles. The third-order valence-electron chi connectivity index (χ3n) is 1.55. The van der Waals surface area contributed by atoms with Crippen LogP contribution in [-0.4, -0.2) is 19.5 Å². The lowest BCUT2D eigenvalue weighted by molar-refractivity contribution is 0.423. The van der Waals surface area contributed by atoms with Crippen LogP contribution in [0.2, 0.25) is 0 Å². The van der Waals surface area contributed by atoms with Crippen molar-refractivity contribution in [3.8, 4) is 6.01 Å². The Hall–Kier alpha value is -1.29. The molecule has 0 fully saturated rings. The minimum absolute atomic E-state index is 0.0728. The van der Waals surface area contributed by atoms with E-state index < -0.39 is 0 Å². The van der Waals surface area contributed by atoms with Gasteiger partial charge in [-0.05, 0) is 6.07 Å². The first-order valence-electron chi connectivity index (χ1n) is 3.39. The lowest BCUT2D eigenvalue weighted by atomic mass is 10.6. The van der Waals surface area contributed by atoms with Gasteiger partial charge in [0.25, 0.3) is 6.01 Å². The van der Waals surface area contributed by atoms with E-state index in [1.807, 2.05) is 0 Å². The minimum atomic E-state index is -0.0728. The monoisotopic (exact) mass is 183 g/mol. The van der Waals surface area contributed by atoms with E-state index in [0.29, 0.717) is 11.5 Å². The Labute approximate surface area is 73.5 Å². The normalized spacial score (nSPS) is 10.8. The number of hydrogen-bond donors (Lipinski definition) is 1. The SMILES string of the molecule is Oc1nccc2nc(CCl)cn12. The third kappa shape index (κ3) is 1.00. The predicted octanol–water partition coefficient (Wildman–Crippen LogP) is 1.17. The highest BCUT2D eigenvalue weighted by Crippen LogP contribution is 2.11. The molecular formula is C7H6ClN3O. The summed E-state index contributed by atoms with van der Waals surface area (Å²) in [5.74, 6) is 0.334. The second-order valence-corrected chi connectivity index (χ2v) is 2.61. The van der Waals surface area contributed by atoms with E-state index in [-0.39, 0.29) is 6.01 Å². The van der Waals surface area contributed by atoms with Crippen molar-refractivity contribution in [3.05, 3.63) is 24.2 Å². The topological polar surface area (TPSA) is 50.4 Å². The second-order valence-electron chi connectivity index (χ2n) is 2.34. The van der Waals surface area contributed by atoms with Crippen molar-refractivity contribution < 1.29 is 5.11 Å². The lowest BCUT2D eigenvalue weighted by Crippen LogP contribution is -1.85. The van der Waals surface area contributed by atoms with Crippen LogP contribution in [0.25, 0.3) is 5.65 Å². The smallest absolute Gasteiger partial charge is 0.299 e. The fourth-order valence-electron chi connectivity index (χ4n) is 1.02. The quantitative estimate of drug-likeness (QED) is 0.676. The predicted molar refractivity (Wildman–Crippen MR) is 44.2 cm³/mol. The first kappa shape index (κ1) is 7.36. The van der Waals surface area contributed by atoms with Gasteiger partial charge in [0.15, 0.2) is 0 Å². The lowest BCUT2D eigenvalue weighted by Gasteiger charge is -1.92. The van der Waals surface area contributed by atoms with Crippen LogP contribution in [0.4, 0.5) is 0 Å². The van der Waals surface area contributed by atoms with E-state index >= 15 is 0 Å². The number of aromatic hydroxyl groups is 1. The van der Waals surface area contributed by atoms with Crippen molar-refractivity contribution >= 4 is 17.2 Å². The fourth-order valence-corrected chi connectivity index (χ4v) is 1.15. The van der Waals surface area contributed by atoms with Crippen LogP contribution < -0.4 is 0 Å². The Morgan fingerprint density at radius 2 is 2.42 bits per heavy atom. The zero-order chi connectivity index (χ0) is 8.55. The molecule has 0 spiro atoms. The van der Waals surface area contributed by atoms with E-state index in [1.165, 1.54) is 10.6 Å². The molecule has 0 aromatic carbocycles. The van der Waals surface area contributed by atoms with Crippen molar-refractivity contribution in [1.29, 1.82) is 0 Å². The fraction of sp³-hybridized carbons (Fsp3) is 0.143. The summed E-state index contributed by atoms with van der Waals surface area (Å²) in [6, 6.07) is 1.63. The molecular weight excluding hydrogens is 178 g/mol. The minimum Gasteiger partial charge on any atom is -0.480 e. The Balaban J connectivity index is 2.74. The van der Waals surface area contributed by atoms with Gasteiger partial charge in [-0.1, -0.05) is 0 Å². The average Bonchev–Trinajstić information content (AvgIpc) is 2.49. The molecule has 1 N–H and O–H groups in total. The number of imidazole rings is 1. The maximum atomic E-state index is 9.25. The van der Waals surface area contributed by atoms with Crippen LogP contribution in [0.3, 0.4) is 0 Å². The summed E-state index contributed by atoms with van der Waals surface area (Å²) in [5, 5.41) is 9.25. The molecule has 0 radical (unpaired) electrons. The van der Waals surface area contributed by atoms with Gasteiger partial charge in [0.2, 0.25) is 0 Å². The highest BCUT2D eigenvalue weighted by Gasteiger charge is 2.02. The van der Waals surface area contributed by atoms with Gasteiger partial charge in [0.05, 0.1) is 11.6 Å². The number of rotatable bonds is 1. The van der Waals surface area contributed by atoms with Gasteiger partial charge in [-0.2, -0.15) is 0 Å². The summed E-state index contributed by atoms with van der Waals surface area (Å²) < 4.78 is 1.48. The van der Waals surface area contributed by atoms with Crippen molar-refractivity contribution in [2.24, 2.45) is 0 Å². The molecule has 0 aliphatic carbocycles. The number of fused-ring (bicyclic) bond motifs is 1. The number of hydrogen-bond acceptors (Lipinski definition) is 3. The highest BCUT2D eigenvalue weighted by molar-refractivity contribution is 6.16. The maximum absolute atomic E-state index is 9.25. The molecule has 0 unspecified atom stereocenters. The first-order chi connectivity index (χ1) is 5.81. The molecule has 2 rings (SSSR count). The molecule has 0 aliphatic heterocycles. The van der Waals surface area contributed by atoms with Gasteiger partial charge in [-0.15, -0.1) is 11.6 Å². The van der Waals surface area contributed by atoms with Crippen LogP contribution in [0.15, 0.2) is 18.5 Å². The summed E-state index contributed by atoms with van der Waals surface area (Å²) in [4.78, 5) is 7.81. The standard InChI is InChI=1S/C7H6ClN3O/c8-3-5-4-11-6(10-5)1-2-9-7(11)12/h1-2,4H,3H2,(H,9,12). The number of alkyl halides is 1. The summed E-state index contributed by atoms with van der Waals surface area (Å²) in [7, 11) is 0. The molecule has 4 nitrogen and oxygen atoms in total. The van der Waals surface area contributed by atoms with Crippen LogP contribution in [0.5, 0.6) is 6.01 Å². The second kappa shape index (κ2) is 2.64. The van der Waals surface area contributed by atoms with Crippen molar-refractivity contribution in [1.82, 2.24) is 14.4 Å². The van der Waals surface area contributed by atoms with Gasteiger partial charge in [0, 0.05) is 12.4 Å². The van der Waals surface area contributed by atoms with E-state index in [2.05, 4.69) is 9.97 Å². The molecule has 62 valence electrons. The largest absolute Gasteiger partial charge is 0.480 e. The van der Waals surface area contributed by atoms with Gasteiger partial charge >= 0.3 is 0 Å². The maximum Gasteiger partial charge on any atom is 0.299 e. The summed E-state index contributed by atoms with van der Waals surface area (Å²) in [6.07, 6.45) is 3.15. The Morgan fingerprint density at radius 1 is 1.58 bits per heavy atom. The summed E-state index contributed by atoms with van der Waals surface area (Å²) in [6.45, 7) is 0. The molecule has 2 aromatic rings. The van der Waals surface area contributed by atoms with Crippen LogP contribution in [0, 0.1) is 0 Å². The number of aromatic nitrogens is 3. The molecule has 0 saturated carbocycles. The number of halogens is 1. The Bertz CT molecular complexity index is 412. The van der Waals surface area contributed by atoms with Crippen LogP contribution >= 0.6 is 11.6 Å². The van der Waals surface area contributed by atoms with E-state index in [1.54, 1.807) is 12.3 Å². The molecule has 0 atom stereocenters. The molecule has 5 heteroatoms. The molecule has 0 aliphatic rings. The molecule has 12 heavy (non-hydrogen) atoms. The van der Waals surface area contributed by atoms with Gasteiger partial charge in [-0.25, -0.2) is 9.97 Å². The van der Waals surface area contributed by atoms with E-state index in [9.17, 15) is 5.11 Å².